The first-order valence-electron chi connectivity index (χ1n) is 5.82. The van der Waals surface area contributed by atoms with Crippen molar-refractivity contribution in [2.45, 2.75) is 6.54 Å². The van der Waals surface area contributed by atoms with E-state index in [0.29, 0.717) is 6.54 Å². The van der Waals surface area contributed by atoms with E-state index in [1.165, 1.54) is 16.3 Å². The number of ether oxygens (including phenoxy) is 1. The molecule has 90 valence electrons. The Balaban J connectivity index is 2.40. The van der Waals surface area contributed by atoms with Crippen molar-refractivity contribution in [2.75, 3.05) is 20.2 Å². The third kappa shape index (κ3) is 2.57. The molecule has 0 radical (unpaired) electrons. The molecule has 0 heterocycles. The third-order valence-corrected chi connectivity index (χ3v) is 2.84. The summed E-state index contributed by atoms with van der Waals surface area (Å²) in [6.07, 6.45) is 0. The smallest absolute Gasteiger partial charge is 0.123 e. The van der Waals surface area contributed by atoms with Gasteiger partial charge in [0.25, 0.3) is 0 Å². The Morgan fingerprint density at radius 1 is 1.18 bits per heavy atom. The van der Waals surface area contributed by atoms with E-state index in [1.54, 1.807) is 7.11 Å². The minimum Gasteiger partial charge on any atom is -0.496 e. The Labute approximate surface area is 102 Å². The minimum absolute atomic E-state index is 0.646. The van der Waals surface area contributed by atoms with Crippen LogP contribution < -0.4 is 15.8 Å². The maximum absolute atomic E-state index is 5.48. The first kappa shape index (κ1) is 11.9. The first-order valence-corrected chi connectivity index (χ1v) is 5.82. The van der Waals surface area contributed by atoms with Gasteiger partial charge in [0.2, 0.25) is 0 Å². The van der Waals surface area contributed by atoms with E-state index in [9.17, 15) is 0 Å². The van der Waals surface area contributed by atoms with Gasteiger partial charge in [0.15, 0.2) is 0 Å². The molecule has 0 aliphatic heterocycles. The summed E-state index contributed by atoms with van der Waals surface area (Å²) in [7, 11) is 1.70. The van der Waals surface area contributed by atoms with Crippen molar-refractivity contribution in [3.05, 3.63) is 42.0 Å². The van der Waals surface area contributed by atoms with Crippen molar-refractivity contribution in [2.24, 2.45) is 5.73 Å². The molecule has 0 atom stereocenters. The zero-order valence-corrected chi connectivity index (χ0v) is 10.1. The lowest BCUT2D eigenvalue weighted by Gasteiger charge is -2.12. The topological polar surface area (TPSA) is 47.3 Å². The maximum Gasteiger partial charge on any atom is 0.123 e. The number of rotatable bonds is 5. The zero-order chi connectivity index (χ0) is 12.1. The lowest BCUT2D eigenvalue weighted by atomic mass is 10.0. The highest BCUT2D eigenvalue weighted by atomic mass is 16.5. The summed E-state index contributed by atoms with van der Waals surface area (Å²) in [4.78, 5) is 0. The monoisotopic (exact) mass is 230 g/mol. The highest BCUT2D eigenvalue weighted by Crippen LogP contribution is 2.27. The second-order valence-corrected chi connectivity index (χ2v) is 3.93. The molecule has 0 saturated heterocycles. The molecular formula is C14H18N2O. The van der Waals surface area contributed by atoms with Crippen molar-refractivity contribution in [1.29, 1.82) is 0 Å². The van der Waals surface area contributed by atoms with E-state index < -0.39 is 0 Å². The Morgan fingerprint density at radius 3 is 2.76 bits per heavy atom. The number of methoxy groups -OCH3 is 1. The van der Waals surface area contributed by atoms with Crippen LogP contribution in [0.5, 0.6) is 5.75 Å². The molecule has 0 fully saturated rings. The predicted molar refractivity (Wildman–Crippen MR) is 71.3 cm³/mol. The molecule has 3 N–H and O–H groups in total. The Bertz CT molecular complexity index is 497. The molecule has 2 aromatic carbocycles. The molecule has 17 heavy (non-hydrogen) atoms. The van der Waals surface area contributed by atoms with Crippen LogP contribution >= 0.6 is 0 Å². The van der Waals surface area contributed by atoms with E-state index in [-0.39, 0.29) is 0 Å². The minimum atomic E-state index is 0.646. The van der Waals surface area contributed by atoms with Crippen LogP contribution in [-0.2, 0) is 6.54 Å². The molecular weight excluding hydrogens is 212 g/mol. The van der Waals surface area contributed by atoms with Crippen molar-refractivity contribution < 1.29 is 4.74 Å². The average molecular weight is 230 g/mol. The SMILES string of the molecule is COc1ccc2ccccc2c1CNCCN. The molecule has 2 rings (SSSR count). The van der Waals surface area contributed by atoms with Crippen LogP contribution in [0.1, 0.15) is 5.56 Å². The van der Waals surface area contributed by atoms with Crippen molar-refractivity contribution in [3.63, 3.8) is 0 Å². The molecule has 0 unspecified atom stereocenters. The fourth-order valence-electron chi connectivity index (χ4n) is 2.00. The Hall–Kier alpha value is -1.58. The molecule has 0 amide bonds. The summed E-state index contributed by atoms with van der Waals surface area (Å²) in [5, 5.41) is 5.78. The van der Waals surface area contributed by atoms with Gasteiger partial charge in [0.05, 0.1) is 7.11 Å². The lowest BCUT2D eigenvalue weighted by molar-refractivity contribution is 0.409. The number of fused-ring (bicyclic) bond motifs is 1. The van der Waals surface area contributed by atoms with Gasteiger partial charge < -0.3 is 15.8 Å². The van der Waals surface area contributed by atoms with Gasteiger partial charge in [-0.2, -0.15) is 0 Å². The van der Waals surface area contributed by atoms with Gasteiger partial charge in [-0.3, -0.25) is 0 Å². The number of hydrogen-bond acceptors (Lipinski definition) is 3. The fraction of sp³-hybridized carbons (Fsp3) is 0.286. The van der Waals surface area contributed by atoms with Crippen LogP contribution in [0.3, 0.4) is 0 Å². The molecule has 0 aliphatic carbocycles. The first-order chi connectivity index (χ1) is 8.36. The number of hydrogen-bond donors (Lipinski definition) is 2. The molecule has 3 nitrogen and oxygen atoms in total. The Morgan fingerprint density at radius 2 is 2.00 bits per heavy atom. The van der Waals surface area contributed by atoms with Crippen LogP contribution in [0.4, 0.5) is 0 Å². The van der Waals surface area contributed by atoms with Gasteiger partial charge in [-0.05, 0) is 16.8 Å². The molecule has 3 heteroatoms. The Kier molecular flexibility index (Phi) is 3.96. The summed E-state index contributed by atoms with van der Waals surface area (Å²) in [6, 6.07) is 12.4. The van der Waals surface area contributed by atoms with Crippen LogP contribution in [0, 0.1) is 0 Å². The van der Waals surface area contributed by atoms with Crippen LogP contribution in [0.25, 0.3) is 10.8 Å². The normalized spacial score (nSPS) is 10.7. The van der Waals surface area contributed by atoms with E-state index in [0.717, 1.165) is 18.8 Å². The van der Waals surface area contributed by atoms with Crippen LogP contribution in [0.2, 0.25) is 0 Å². The summed E-state index contributed by atoms with van der Waals surface area (Å²) in [5.74, 6) is 0.924. The summed E-state index contributed by atoms with van der Waals surface area (Å²) >= 11 is 0. The van der Waals surface area contributed by atoms with Gasteiger partial charge in [0, 0.05) is 25.2 Å². The zero-order valence-electron chi connectivity index (χ0n) is 10.1. The van der Waals surface area contributed by atoms with Gasteiger partial charge in [-0.15, -0.1) is 0 Å². The van der Waals surface area contributed by atoms with Crippen molar-refractivity contribution in [1.82, 2.24) is 5.32 Å². The van der Waals surface area contributed by atoms with Gasteiger partial charge in [0.1, 0.15) is 5.75 Å². The molecule has 0 saturated carbocycles. The quantitative estimate of drug-likeness (QED) is 0.771. The van der Waals surface area contributed by atoms with Crippen molar-refractivity contribution in [3.8, 4) is 5.75 Å². The fourth-order valence-corrected chi connectivity index (χ4v) is 2.00. The van der Waals surface area contributed by atoms with Crippen LogP contribution in [-0.4, -0.2) is 20.2 Å². The van der Waals surface area contributed by atoms with Gasteiger partial charge in [-0.1, -0.05) is 30.3 Å². The predicted octanol–water partition coefficient (Wildman–Crippen LogP) is 1.90. The molecule has 0 bridgehead atoms. The van der Waals surface area contributed by atoms with E-state index in [4.69, 9.17) is 10.5 Å². The highest BCUT2D eigenvalue weighted by molar-refractivity contribution is 5.87. The molecule has 0 aromatic heterocycles. The standard InChI is InChI=1S/C14H18N2O/c1-17-14-7-6-11-4-2-3-5-12(11)13(14)10-16-9-8-15/h2-7,16H,8-10,15H2,1H3. The van der Waals surface area contributed by atoms with E-state index in [1.807, 2.05) is 18.2 Å². The van der Waals surface area contributed by atoms with Crippen molar-refractivity contribution >= 4 is 10.8 Å². The summed E-state index contributed by atoms with van der Waals surface area (Å²) in [6.45, 7) is 2.24. The maximum atomic E-state index is 5.48. The van der Waals surface area contributed by atoms with Crippen LogP contribution in [0.15, 0.2) is 36.4 Å². The van der Waals surface area contributed by atoms with E-state index in [2.05, 4.69) is 23.5 Å². The number of benzene rings is 2. The third-order valence-electron chi connectivity index (χ3n) is 2.84. The molecule has 0 spiro atoms. The summed E-state index contributed by atoms with van der Waals surface area (Å²) < 4.78 is 5.41. The second kappa shape index (κ2) is 5.66. The van der Waals surface area contributed by atoms with E-state index >= 15 is 0 Å². The average Bonchev–Trinajstić information content (AvgIpc) is 2.39. The summed E-state index contributed by atoms with van der Waals surface area (Å²) in [5.41, 5.74) is 6.68. The highest BCUT2D eigenvalue weighted by Gasteiger charge is 2.07. The molecule has 0 aliphatic rings. The van der Waals surface area contributed by atoms with Gasteiger partial charge in [-0.25, -0.2) is 0 Å². The number of nitrogens with one attached hydrogen (secondary N) is 1. The molecule has 2 aromatic rings. The largest absolute Gasteiger partial charge is 0.496 e. The number of nitrogens with two attached hydrogens (primary N) is 1. The van der Waals surface area contributed by atoms with Gasteiger partial charge >= 0.3 is 0 Å². The second-order valence-electron chi connectivity index (χ2n) is 3.93. The lowest BCUT2D eigenvalue weighted by Crippen LogP contribution is -2.22.